The molecule has 1 aliphatic heterocycles. The molecule has 0 fully saturated rings. The zero-order valence-corrected chi connectivity index (χ0v) is 12.5. The van der Waals surface area contributed by atoms with Gasteiger partial charge in [-0.25, -0.2) is 4.79 Å². The fraction of sp³-hybridized carbons (Fsp3) is 0.562. The summed E-state index contributed by atoms with van der Waals surface area (Å²) in [5.41, 5.74) is 4.39. The first-order chi connectivity index (χ1) is 9.72. The number of hydrogen-bond donors (Lipinski definition) is 2. The minimum absolute atomic E-state index is 0.104. The van der Waals surface area contributed by atoms with Gasteiger partial charge in [0.05, 0.1) is 0 Å². The van der Waals surface area contributed by atoms with Crippen LogP contribution in [0.2, 0.25) is 0 Å². The molecule has 4 nitrogen and oxygen atoms in total. The Labute approximate surface area is 121 Å². The minimum Gasteiger partial charge on any atom is -0.341 e. The van der Waals surface area contributed by atoms with E-state index in [1.54, 1.807) is 7.05 Å². The standard InChI is InChI=1S/C16H25N3O/c1-3-4-13-5-6-14-7-9-19(12-15(14)11-13)10-8-18-16(20)17-2/h5-6,11H,3-4,7-10,12H2,1-2H3,(H2,17,18,20). The van der Waals surface area contributed by atoms with Gasteiger partial charge in [-0.3, -0.25) is 4.90 Å². The summed E-state index contributed by atoms with van der Waals surface area (Å²) in [7, 11) is 1.64. The molecular formula is C16H25N3O. The van der Waals surface area contributed by atoms with Gasteiger partial charge in [-0.1, -0.05) is 31.5 Å². The van der Waals surface area contributed by atoms with Crippen molar-refractivity contribution in [2.45, 2.75) is 32.7 Å². The van der Waals surface area contributed by atoms with Crippen LogP contribution in [-0.4, -0.2) is 37.6 Å². The Balaban J connectivity index is 1.88. The normalized spacial score (nSPS) is 14.7. The van der Waals surface area contributed by atoms with Crippen LogP contribution in [0.1, 0.15) is 30.0 Å². The predicted molar refractivity (Wildman–Crippen MR) is 81.9 cm³/mol. The van der Waals surface area contributed by atoms with Crippen LogP contribution in [0.15, 0.2) is 18.2 Å². The lowest BCUT2D eigenvalue weighted by Crippen LogP contribution is -2.40. The number of hydrogen-bond acceptors (Lipinski definition) is 2. The molecule has 1 aliphatic rings. The zero-order chi connectivity index (χ0) is 14.4. The van der Waals surface area contributed by atoms with Gasteiger partial charge < -0.3 is 10.6 Å². The third kappa shape index (κ3) is 3.97. The van der Waals surface area contributed by atoms with Crippen LogP contribution in [0.3, 0.4) is 0 Å². The van der Waals surface area contributed by atoms with Crippen molar-refractivity contribution >= 4 is 6.03 Å². The third-order valence-corrected chi connectivity index (χ3v) is 3.84. The Morgan fingerprint density at radius 3 is 2.95 bits per heavy atom. The molecule has 2 N–H and O–H groups in total. The highest BCUT2D eigenvalue weighted by Gasteiger charge is 2.16. The van der Waals surface area contributed by atoms with Crippen molar-refractivity contribution in [2.75, 3.05) is 26.7 Å². The lowest BCUT2D eigenvalue weighted by atomic mass is 9.96. The van der Waals surface area contributed by atoms with Crippen LogP contribution in [0.25, 0.3) is 0 Å². The predicted octanol–water partition coefficient (Wildman–Crippen LogP) is 1.93. The highest BCUT2D eigenvalue weighted by molar-refractivity contribution is 5.73. The second-order valence-electron chi connectivity index (χ2n) is 5.39. The molecule has 0 aliphatic carbocycles. The summed E-state index contributed by atoms with van der Waals surface area (Å²) in [6.45, 7) is 5.91. The Morgan fingerprint density at radius 1 is 1.35 bits per heavy atom. The van der Waals surface area contributed by atoms with Crippen molar-refractivity contribution in [2.24, 2.45) is 0 Å². The second-order valence-corrected chi connectivity index (χ2v) is 5.39. The van der Waals surface area contributed by atoms with Gasteiger partial charge in [0, 0.05) is 33.2 Å². The molecule has 1 aromatic carbocycles. The second kappa shape index (κ2) is 7.29. The largest absolute Gasteiger partial charge is 0.341 e. The van der Waals surface area contributed by atoms with Crippen molar-refractivity contribution in [3.63, 3.8) is 0 Å². The molecule has 0 saturated heterocycles. The summed E-state index contributed by atoms with van der Waals surface area (Å²) >= 11 is 0. The maximum absolute atomic E-state index is 11.1. The van der Waals surface area contributed by atoms with E-state index in [9.17, 15) is 4.79 Å². The Bertz CT molecular complexity index is 459. The van der Waals surface area contributed by atoms with Crippen LogP contribution < -0.4 is 10.6 Å². The molecule has 0 aromatic heterocycles. The molecule has 0 bridgehead atoms. The van der Waals surface area contributed by atoms with E-state index in [0.717, 1.165) is 32.5 Å². The van der Waals surface area contributed by atoms with E-state index in [0.29, 0.717) is 6.54 Å². The highest BCUT2D eigenvalue weighted by atomic mass is 16.2. The van der Waals surface area contributed by atoms with Gasteiger partial charge in [0.1, 0.15) is 0 Å². The number of carbonyl (C=O) groups is 1. The molecule has 2 rings (SSSR count). The molecule has 0 unspecified atom stereocenters. The van der Waals surface area contributed by atoms with Crippen molar-refractivity contribution < 1.29 is 4.79 Å². The van der Waals surface area contributed by atoms with Gasteiger partial charge in [0.15, 0.2) is 0 Å². The monoisotopic (exact) mass is 275 g/mol. The number of carbonyl (C=O) groups excluding carboxylic acids is 1. The van der Waals surface area contributed by atoms with Crippen LogP contribution >= 0.6 is 0 Å². The van der Waals surface area contributed by atoms with E-state index in [1.165, 1.54) is 23.1 Å². The van der Waals surface area contributed by atoms with Crippen LogP contribution in [0.4, 0.5) is 4.79 Å². The van der Waals surface area contributed by atoms with E-state index in [-0.39, 0.29) is 6.03 Å². The SMILES string of the molecule is CCCc1ccc2c(c1)CN(CCNC(=O)NC)CC2. The fourth-order valence-electron chi connectivity index (χ4n) is 2.72. The van der Waals surface area contributed by atoms with E-state index in [4.69, 9.17) is 0 Å². The van der Waals surface area contributed by atoms with Crippen molar-refractivity contribution in [1.29, 1.82) is 0 Å². The first-order valence-electron chi connectivity index (χ1n) is 7.51. The number of rotatable bonds is 5. The molecule has 0 saturated carbocycles. The third-order valence-electron chi connectivity index (χ3n) is 3.84. The lowest BCUT2D eigenvalue weighted by Gasteiger charge is -2.29. The summed E-state index contributed by atoms with van der Waals surface area (Å²) in [4.78, 5) is 13.5. The molecule has 20 heavy (non-hydrogen) atoms. The van der Waals surface area contributed by atoms with Gasteiger partial charge >= 0.3 is 6.03 Å². The van der Waals surface area contributed by atoms with Crippen molar-refractivity contribution in [3.05, 3.63) is 34.9 Å². The maximum Gasteiger partial charge on any atom is 0.314 e. The number of benzene rings is 1. The first-order valence-corrected chi connectivity index (χ1v) is 7.51. The molecule has 4 heteroatoms. The molecule has 0 radical (unpaired) electrons. The fourth-order valence-corrected chi connectivity index (χ4v) is 2.72. The van der Waals surface area contributed by atoms with Crippen molar-refractivity contribution in [3.8, 4) is 0 Å². The van der Waals surface area contributed by atoms with Gasteiger partial charge in [-0.05, 0) is 29.5 Å². The van der Waals surface area contributed by atoms with E-state index in [2.05, 4.69) is 40.7 Å². The molecule has 1 aromatic rings. The Morgan fingerprint density at radius 2 is 2.20 bits per heavy atom. The quantitative estimate of drug-likeness (QED) is 0.862. The van der Waals surface area contributed by atoms with Crippen LogP contribution in [0.5, 0.6) is 0 Å². The van der Waals surface area contributed by atoms with Gasteiger partial charge in [-0.2, -0.15) is 0 Å². The van der Waals surface area contributed by atoms with E-state index in [1.807, 2.05) is 0 Å². The number of urea groups is 1. The van der Waals surface area contributed by atoms with Gasteiger partial charge in [-0.15, -0.1) is 0 Å². The summed E-state index contributed by atoms with van der Waals surface area (Å²) in [6, 6.07) is 6.82. The number of amides is 2. The van der Waals surface area contributed by atoms with Crippen LogP contribution in [0, 0.1) is 0 Å². The molecule has 2 amide bonds. The minimum atomic E-state index is -0.104. The number of fused-ring (bicyclic) bond motifs is 1. The topological polar surface area (TPSA) is 44.4 Å². The van der Waals surface area contributed by atoms with Crippen LogP contribution in [-0.2, 0) is 19.4 Å². The van der Waals surface area contributed by atoms with Crippen molar-refractivity contribution in [1.82, 2.24) is 15.5 Å². The average molecular weight is 275 g/mol. The Kier molecular flexibility index (Phi) is 5.41. The smallest absolute Gasteiger partial charge is 0.314 e. The molecule has 0 spiro atoms. The van der Waals surface area contributed by atoms with E-state index < -0.39 is 0 Å². The summed E-state index contributed by atoms with van der Waals surface area (Å²) in [5.74, 6) is 0. The van der Waals surface area contributed by atoms with Gasteiger partial charge in [0.25, 0.3) is 0 Å². The highest BCUT2D eigenvalue weighted by Crippen LogP contribution is 2.20. The maximum atomic E-state index is 11.1. The zero-order valence-electron chi connectivity index (χ0n) is 12.5. The summed E-state index contributed by atoms with van der Waals surface area (Å²) in [6.07, 6.45) is 3.46. The van der Waals surface area contributed by atoms with E-state index >= 15 is 0 Å². The number of aryl methyl sites for hydroxylation is 1. The van der Waals surface area contributed by atoms with Gasteiger partial charge in [0.2, 0.25) is 0 Å². The lowest BCUT2D eigenvalue weighted by molar-refractivity contribution is 0.232. The Hall–Kier alpha value is -1.55. The molecular weight excluding hydrogens is 250 g/mol. The molecule has 1 heterocycles. The summed E-state index contributed by atoms with van der Waals surface area (Å²) in [5, 5.41) is 5.41. The average Bonchev–Trinajstić information content (AvgIpc) is 2.47. The summed E-state index contributed by atoms with van der Waals surface area (Å²) < 4.78 is 0. The number of nitrogens with one attached hydrogen (secondary N) is 2. The first kappa shape index (κ1) is 14.9. The molecule has 0 atom stereocenters. The molecule has 110 valence electrons. The number of nitrogens with zero attached hydrogens (tertiary/aromatic N) is 1.